The molecule has 3 heteroatoms. The second kappa shape index (κ2) is 5.80. The summed E-state index contributed by atoms with van der Waals surface area (Å²) in [5.41, 5.74) is -0.0156. The van der Waals surface area contributed by atoms with Crippen LogP contribution in [-0.4, -0.2) is 60.3 Å². The molecule has 0 spiro atoms. The number of nitrogens with zero attached hydrogens (tertiary/aromatic N) is 2. The second-order valence-corrected chi connectivity index (χ2v) is 5.77. The zero-order chi connectivity index (χ0) is 12.2. The third kappa shape index (κ3) is 4.24. The maximum atomic E-state index is 10.0. The smallest absolute Gasteiger partial charge is 0.0715 e. The molecule has 0 unspecified atom stereocenters. The number of β-amino-alcohol motifs (C(OH)–C–C–N with tert-alkyl or cyclic N) is 1. The highest BCUT2D eigenvalue weighted by atomic mass is 16.3. The van der Waals surface area contributed by atoms with Crippen LogP contribution in [0.15, 0.2) is 12.7 Å². The van der Waals surface area contributed by atoms with Gasteiger partial charge in [-0.2, -0.15) is 0 Å². The van der Waals surface area contributed by atoms with Crippen molar-refractivity contribution in [2.75, 3.05) is 39.3 Å². The first-order valence-electron chi connectivity index (χ1n) is 6.17. The number of rotatable bonds is 4. The van der Waals surface area contributed by atoms with Gasteiger partial charge in [-0.1, -0.05) is 26.8 Å². The third-order valence-corrected chi connectivity index (χ3v) is 3.28. The van der Waals surface area contributed by atoms with E-state index in [0.717, 1.165) is 39.3 Å². The van der Waals surface area contributed by atoms with E-state index in [-0.39, 0.29) is 11.5 Å². The molecule has 1 rings (SSSR count). The fraction of sp³-hybridized carbons (Fsp3) is 0.846. The molecular weight excluding hydrogens is 200 g/mol. The van der Waals surface area contributed by atoms with Crippen LogP contribution >= 0.6 is 0 Å². The van der Waals surface area contributed by atoms with Gasteiger partial charge in [0.1, 0.15) is 0 Å². The third-order valence-electron chi connectivity index (χ3n) is 3.28. The molecule has 1 aliphatic heterocycles. The maximum Gasteiger partial charge on any atom is 0.0715 e. The van der Waals surface area contributed by atoms with Gasteiger partial charge in [-0.3, -0.25) is 9.80 Å². The summed E-state index contributed by atoms with van der Waals surface area (Å²) in [6, 6.07) is 0. The van der Waals surface area contributed by atoms with Gasteiger partial charge in [0.2, 0.25) is 0 Å². The Morgan fingerprint density at radius 2 is 1.69 bits per heavy atom. The van der Waals surface area contributed by atoms with Gasteiger partial charge in [0.15, 0.2) is 0 Å². The van der Waals surface area contributed by atoms with Gasteiger partial charge < -0.3 is 5.11 Å². The van der Waals surface area contributed by atoms with Crippen molar-refractivity contribution >= 4 is 0 Å². The lowest BCUT2D eigenvalue weighted by atomic mass is 9.89. The van der Waals surface area contributed by atoms with Crippen molar-refractivity contribution in [2.45, 2.75) is 26.9 Å². The van der Waals surface area contributed by atoms with Gasteiger partial charge in [-0.15, -0.1) is 6.58 Å². The van der Waals surface area contributed by atoms with Gasteiger partial charge in [0.05, 0.1) is 6.10 Å². The lowest BCUT2D eigenvalue weighted by Crippen LogP contribution is -2.50. The van der Waals surface area contributed by atoms with Crippen molar-refractivity contribution < 1.29 is 5.11 Å². The monoisotopic (exact) mass is 226 g/mol. The Morgan fingerprint density at radius 3 is 2.12 bits per heavy atom. The Kier molecular flexibility index (Phi) is 4.96. The fourth-order valence-electron chi connectivity index (χ4n) is 1.86. The van der Waals surface area contributed by atoms with E-state index in [4.69, 9.17) is 0 Å². The standard InChI is InChI=1S/C13H26N2O/c1-5-6-14-7-9-15(10-8-14)11-12(16)13(2,3)4/h5,12,16H,1,6-11H2,2-4H3/t12-/m1/s1. The predicted molar refractivity (Wildman–Crippen MR) is 68.5 cm³/mol. The second-order valence-electron chi connectivity index (χ2n) is 5.77. The average Bonchev–Trinajstić information content (AvgIpc) is 2.20. The van der Waals surface area contributed by atoms with Crippen LogP contribution < -0.4 is 0 Å². The summed E-state index contributed by atoms with van der Waals surface area (Å²) in [5.74, 6) is 0. The van der Waals surface area contributed by atoms with Gasteiger partial charge in [-0.25, -0.2) is 0 Å². The maximum absolute atomic E-state index is 10.0. The van der Waals surface area contributed by atoms with Gasteiger partial charge in [0.25, 0.3) is 0 Å². The van der Waals surface area contributed by atoms with Crippen molar-refractivity contribution in [3.05, 3.63) is 12.7 Å². The molecule has 0 aromatic heterocycles. The molecule has 1 N–H and O–H groups in total. The summed E-state index contributed by atoms with van der Waals surface area (Å²) in [6.45, 7) is 16.1. The zero-order valence-electron chi connectivity index (χ0n) is 10.9. The SMILES string of the molecule is C=CCN1CCN(C[C@@H](O)C(C)(C)C)CC1. The van der Waals surface area contributed by atoms with E-state index >= 15 is 0 Å². The number of aliphatic hydroxyl groups is 1. The number of aliphatic hydroxyl groups excluding tert-OH is 1. The topological polar surface area (TPSA) is 26.7 Å². The molecule has 1 heterocycles. The molecule has 0 aromatic rings. The summed E-state index contributed by atoms with van der Waals surface area (Å²) in [4.78, 5) is 4.75. The van der Waals surface area contributed by atoms with Gasteiger partial charge in [0, 0.05) is 39.3 Å². The molecule has 0 aromatic carbocycles. The summed E-state index contributed by atoms with van der Waals surface area (Å²) >= 11 is 0. The summed E-state index contributed by atoms with van der Waals surface area (Å²) in [7, 11) is 0. The summed E-state index contributed by atoms with van der Waals surface area (Å²) in [6.07, 6.45) is 1.72. The van der Waals surface area contributed by atoms with Crippen molar-refractivity contribution in [3.63, 3.8) is 0 Å². The molecule has 1 fully saturated rings. The Labute approximate surface area is 99.7 Å². The first-order chi connectivity index (χ1) is 7.43. The number of hydrogen-bond donors (Lipinski definition) is 1. The van der Waals surface area contributed by atoms with E-state index in [2.05, 4.69) is 37.1 Å². The number of hydrogen-bond acceptors (Lipinski definition) is 3. The van der Waals surface area contributed by atoms with E-state index < -0.39 is 0 Å². The molecule has 0 aliphatic carbocycles. The lowest BCUT2D eigenvalue weighted by Gasteiger charge is -2.37. The van der Waals surface area contributed by atoms with Crippen LogP contribution in [0.3, 0.4) is 0 Å². The Hall–Kier alpha value is -0.380. The lowest BCUT2D eigenvalue weighted by molar-refractivity contribution is 0.0147. The molecule has 1 aliphatic rings. The quantitative estimate of drug-likeness (QED) is 0.730. The van der Waals surface area contributed by atoms with E-state index in [0.29, 0.717) is 0 Å². The van der Waals surface area contributed by atoms with Crippen molar-refractivity contribution in [2.24, 2.45) is 5.41 Å². The highest BCUT2D eigenvalue weighted by molar-refractivity contribution is 4.82. The Morgan fingerprint density at radius 1 is 1.19 bits per heavy atom. The van der Waals surface area contributed by atoms with Crippen molar-refractivity contribution in [1.29, 1.82) is 0 Å². The minimum Gasteiger partial charge on any atom is -0.391 e. The Balaban J connectivity index is 2.29. The molecule has 3 nitrogen and oxygen atoms in total. The van der Waals surface area contributed by atoms with Crippen LogP contribution in [0.25, 0.3) is 0 Å². The zero-order valence-corrected chi connectivity index (χ0v) is 10.9. The highest BCUT2D eigenvalue weighted by Crippen LogP contribution is 2.20. The van der Waals surface area contributed by atoms with Gasteiger partial charge >= 0.3 is 0 Å². The molecule has 1 saturated heterocycles. The van der Waals surface area contributed by atoms with Crippen LogP contribution in [0, 0.1) is 5.41 Å². The van der Waals surface area contributed by atoms with Crippen LogP contribution in [-0.2, 0) is 0 Å². The molecule has 0 amide bonds. The Bertz CT molecular complexity index is 214. The first-order valence-corrected chi connectivity index (χ1v) is 6.17. The largest absolute Gasteiger partial charge is 0.391 e. The first kappa shape index (κ1) is 13.7. The predicted octanol–water partition coefficient (Wildman–Crippen LogP) is 1.20. The van der Waals surface area contributed by atoms with E-state index in [1.54, 1.807) is 0 Å². The molecular formula is C13H26N2O. The summed E-state index contributed by atoms with van der Waals surface area (Å²) < 4.78 is 0. The minimum absolute atomic E-state index is 0.0156. The fourth-order valence-corrected chi connectivity index (χ4v) is 1.86. The molecule has 0 radical (unpaired) electrons. The summed E-state index contributed by atoms with van der Waals surface area (Å²) in [5, 5.41) is 10.0. The average molecular weight is 226 g/mol. The van der Waals surface area contributed by atoms with Crippen LogP contribution in [0.4, 0.5) is 0 Å². The normalized spacial score (nSPS) is 22.0. The van der Waals surface area contributed by atoms with Crippen LogP contribution in [0.2, 0.25) is 0 Å². The van der Waals surface area contributed by atoms with E-state index in [9.17, 15) is 5.11 Å². The van der Waals surface area contributed by atoms with Crippen LogP contribution in [0.5, 0.6) is 0 Å². The molecule has 16 heavy (non-hydrogen) atoms. The van der Waals surface area contributed by atoms with Crippen molar-refractivity contribution in [1.82, 2.24) is 9.80 Å². The van der Waals surface area contributed by atoms with Crippen molar-refractivity contribution in [3.8, 4) is 0 Å². The highest BCUT2D eigenvalue weighted by Gasteiger charge is 2.25. The molecule has 0 bridgehead atoms. The van der Waals surface area contributed by atoms with Gasteiger partial charge in [-0.05, 0) is 5.41 Å². The van der Waals surface area contributed by atoms with Crippen LogP contribution in [0.1, 0.15) is 20.8 Å². The minimum atomic E-state index is -0.238. The molecule has 0 saturated carbocycles. The molecule has 94 valence electrons. The van der Waals surface area contributed by atoms with E-state index in [1.807, 2.05) is 6.08 Å². The molecule has 1 atom stereocenters. The van der Waals surface area contributed by atoms with E-state index in [1.165, 1.54) is 0 Å². The number of piperazine rings is 1.